The maximum atomic E-state index is 6.00. The Morgan fingerprint density at radius 1 is 1.00 bits per heavy atom. The third kappa shape index (κ3) is 3.67. The van der Waals surface area contributed by atoms with Gasteiger partial charge in [-0.25, -0.2) is 0 Å². The van der Waals surface area contributed by atoms with Crippen molar-refractivity contribution in [2.75, 3.05) is 0 Å². The highest BCUT2D eigenvalue weighted by Gasteiger charge is 2.27. The minimum Gasteiger partial charge on any atom is -0.370 e. The van der Waals surface area contributed by atoms with Crippen LogP contribution >= 0.6 is 0 Å². The van der Waals surface area contributed by atoms with Crippen LogP contribution in [0.1, 0.15) is 46.3 Å². The second-order valence-corrected chi connectivity index (χ2v) is 5.34. The summed E-state index contributed by atoms with van der Waals surface area (Å²) in [5.41, 5.74) is 1.39. The summed E-state index contributed by atoms with van der Waals surface area (Å²) in [5.74, 6) is 0. The van der Waals surface area contributed by atoms with Gasteiger partial charge in [0.25, 0.3) is 0 Å². The molecule has 1 heteroatoms. The molecule has 0 amide bonds. The van der Waals surface area contributed by atoms with Crippen LogP contribution in [0.15, 0.2) is 30.3 Å². The van der Waals surface area contributed by atoms with Gasteiger partial charge in [-0.05, 0) is 24.8 Å². The first-order chi connectivity index (χ1) is 6.91. The second-order valence-electron chi connectivity index (χ2n) is 5.34. The van der Waals surface area contributed by atoms with Crippen LogP contribution in [-0.2, 0) is 4.74 Å². The van der Waals surface area contributed by atoms with Crippen LogP contribution < -0.4 is 0 Å². The SMILES string of the molecule is CC(C)OC(c1ccccc1)C(C)(C)C. The maximum absolute atomic E-state index is 6.00. The molecule has 0 N–H and O–H groups in total. The number of rotatable bonds is 3. The molecule has 0 heterocycles. The summed E-state index contributed by atoms with van der Waals surface area (Å²) in [6.07, 6.45) is 0.424. The van der Waals surface area contributed by atoms with Crippen molar-refractivity contribution >= 4 is 0 Å². The van der Waals surface area contributed by atoms with E-state index in [9.17, 15) is 0 Å². The van der Waals surface area contributed by atoms with E-state index in [0.717, 1.165) is 0 Å². The molecule has 0 fully saturated rings. The van der Waals surface area contributed by atoms with E-state index in [1.54, 1.807) is 0 Å². The molecule has 0 aromatic heterocycles. The summed E-state index contributed by atoms with van der Waals surface area (Å²) in [6.45, 7) is 10.8. The molecule has 1 rings (SSSR count). The molecule has 0 saturated heterocycles. The van der Waals surface area contributed by atoms with E-state index in [2.05, 4.69) is 58.9 Å². The smallest absolute Gasteiger partial charge is 0.0876 e. The molecule has 15 heavy (non-hydrogen) atoms. The lowest BCUT2D eigenvalue weighted by Gasteiger charge is -2.32. The minimum atomic E-state index is 0.131. The largest absolute Gasteiger partial charge is 0.370 e. The van der Waals surface area contributed by atoms with Crippen molar-refractivity contribution < 1.29 is 4.74 Å². The molecule has 1 aromatic carbocycles. The summed E-state index contributed by atoms with van der Waals surface area (Å²) in [4.78, 5) is 0. The third-order valence-corrected chi connectivity index (χ3v) is 2.30. The molecule has 1 aromatic rings. The van der Waals surface area contributed by atoms with Gasteiger partial charge in [-0.2, -0.15) is 0 Å². The molecule has 0 aliphatic heterocycles. The zero-order valence-corrected chi connectivity index (χ0v) is 10.4. The first-order valence-corrected chi connectivity index (χ1v) is 5.61. The normalized spacial score (nSPS) is 14.3. The van der Waals surface area contributed by atoms with Gasteiger partial charge in [-0.1, -0.05) is 51.1 Å². The van der Waals surface area contributed by atoms with Gasteiger partial charge in [0.1, 0.15) is 0 Å². The molecule has 0 saturated carbocycles. The topological polar surface area (TPSA) is 9.23 Å². The lowest BCUT2D eigenvalue weighted by molar-refractivity contribution is -0.0543. The van der Waals surface area contributed by atoms with Gasteiger partial charge in [-0.3, -0.25) is 0 Å². The first kappa shape index (κ1) is 12.3. The van der Waals surface area contributed by atoms with Crippen molar-refractivity contribution in [3.63, 3.8) is 0 Å². The molecular formula is C14H22O. The van der Waals surface area contributed by atoms with Gasteiger partial charge in [0.05, 0.1) is 12.2 Å². The molecule has 0 spiro atoms. The Bertz CT molecular complexity index is 282. The molecule has 1 unspecified atom stereocenters. The zero-order chi connectivity index (χ0) is 11.5. The van der Waals surface area contributed by atoms with Gasteiger partial charge >= 0.3 is 0 Å². The van der Waals surface area contributed by atoms with Crippen molar-refractivity contribution in [2.24, 2.45) is 5.41 Å². The third-order valence-electron chi connectivity index (χ3n) is 2.30. The van der Waals surface area contributed by atoms with Gasteiger partial charge < -0.3 is 4.74 Å². The second kappa shape index (κ2) is 4.80. The fourth-order valence-electron chi connectivity index (χ4n) is 1.68. The fourth-order valence-corrected chi connectivity index (χ4v) is 1.68. The van der Waals surface area contributed by atoms with Crippen molar-refractivity contribution in [3.05, 3.63) is 35.9 Å². The van der Waals surface area contributed by atoms with Crippen molar-refractivity contribution in [2.45, 2.75) is 46.8 Å². The summed E-state index contributed by atoms with van der Waals surface area (Å²) >= 11 is 0. The quantitative estimate of drug-likeness (QED) is 0.720. The van der Waals surface area contributed by atoms with Crippen LogP contribution in [-0.4, -0.2) is 6.10 Å². The van der Waals surface area contributed by atoms with E-state index in [1.165, 1.54) is 5.56 Å². The highest BCUT2D eigenvalue weighted by Crippen LogP contribution is 2.36. The number of hydrogen-bond acceptors (Lipinski definition) is 1. The van der Waals surface area contributed by atoms with E-state index >= 15 is 0 Å². The van der Waals surface area contributed by atoms with Gasteiger partial charge in [0.15, 0.2) is 0 Å². The van der Waals surface area contributed by atoms with E-state index in [-0.39, 0.29) is 17.6 Å². The first-order valence-electron chi connectivity index (χ1n) is 5.61. The van der Waals surface area contributed by atoms with Crippen LogP contribution in [0.2, 0.25) is 0 Å². The minimum absolute atomic E-state index is 0.131. The lowest BCUT2D eigenvalue weighted by Crippen LogP contribution is -2.24. The Labute approximate surface area is 93.5 Å². The molecular weight excluding hydrogens is 184 g/mol. The van der Waals surface area contributed by atoms with Gasteiger partial charge in [-0.15, -0.1) is 0 Å². The number of benzene rings is 1. The van der Waals surface area contributed by atoms with E-state index in [4.69, 9.17) is 4.74 Å². The Morgan fingerprint density at radius 3 is 1.93 bits per heavy atom. The standard InChI is InChI=1S/C14H22O/c1-11(2)15-13(14(3,4)5)12-9-7-6-8-10-12/h6-11,13H,1-5H3. The highest BCUT2D eigenvalue weighted by atomic mass is 16.5. The van der Waals surface area contributed by atoms with Gasteiger partial charge in [0.2, 0.25) is 0 Å². The Hall–Kier alpha value is -0.820. The summed E-state index contributed by atoms with van der Waals surface area (Å²) in [6, 6.07) is 10.4. The number of ether oxygens (including phenoxy) is 1. The van der Waals surface area contributed by atoms with Crippen LogP contribution in [0.25, 0.3) is 0 Å². The van der Waals surface area contributed by atoms with E-state index < -0.39 is 0 Å². The lowest BCUT2D eigenvalue weighted by atomic mass is 9.84. The Kier molecular flexibility index (Phi) is 3.92. The van der Waals surface area contributed by atoms with Crippen LogP contribution in [0.5, 0.6) is 0 Å². The molecule has 1 nitrogen and oxygen atoms in total. The molecule has 0 aliphatic carbocycles. The van der Waals surface area contributed by atoms with Crippen LogP contribution in [0.4, 0.5) is 0 Å². The van der Waals surface area contributed by atoms with E-state index in [1.807, 2.05) is 6.07 Å². The molecule has 0 radical (unpaired) electrons. The van der Waals surface area contributed by atoms with Gasteiger partial charge in [0, 0.05) is 0 Å². The van der Waals surface area contributed by atoms with E-state index in [0.29, 0.717) is 0 Å². The summed E-state index contributed by atoms with van der Waals surface area (Å²) < 4.78 is 6.00. The number of hydrogen-bond donors (Lipinski definition) is 0. The van der Waals surface area contributed by atoms with Crippen molar-refractivity contribution in [1.29, 1.82) is 0 Å². The molecule has 0 bridgehead atoms. The maximum Gasteiger partial charge on any atom is 0.0876 e. The Morgan fingerprint density at radius 2 is 1.53 bits per heavy atom. The predicted molar refractivity (Wildman–Crippen MR) is 64.9 cm³/mol. The Balaban J connectivity index is 2.92. The zero-order valence-electron chi connectivity index (χ0n) is 10.4. The molecule has 84 valence electrons. The van der Waals surface area contributed by atoms with Crippen LogP contribution in [0.3, 0.4) is 0 Å². The highest BCUT2D eigenvalue weighted by molar-refractivity contribution is 5.19. The molecule has 0 aliphatic rings. The fraction of sp³-hybridized carbons (Fsp3) is 0.571. The predicted octanol–water partition coefficient (Wildman–Crippen LogP) is 4.20. The summed E-state index contributed by atoms with van der Waals surface area (Å²) in [5, 5.41) is 0. The van der Waals surface area contributed by atoms with Crippen molar-refractivity contribution in [1.82, 2.24) is 0 Å². The summed E-state index contributed by atoms with van der Waals surface area (Å²) in [7, 11) is 0. The monoisotopic (exact) mass is 206 g/mol. The van der Waals surface area contributed by atoms with Crippen LogP contribution in [0, 0.1) is 5.41 Å². The molecule has 1 atom stereocenters. The average molecular weight is 206 g/mol. The van der Waals surface area contributed by atoms with Crippen molar-refractivity contribution in [3.8, 4) is 0 Å². The average Bonchev–Trinajstić information content (AvgIpc) is 2.14.